The molecule has 0 saturated carbocycles. The summed E-state index contributed by atoms with van der Waals surface area (Å²) in [5.41, 5.74) is 1.92. The minimum atomic E-state index is -0.129. The number of fused-ring (bicyclic) bond motifs is 1. The first-order valence-corrected chi connectivity index (χ1v) is 8.26. The lowest BCUT2D eigenvalue weighted by atomic mass is 10.1. The number of amides is 2. The standard InChI is InChI=1S/C17H23N5O2/c1-11(2)16(23)21-9-5-6-13(21)14-7-8-18-15-12(10-19-22(14)15)17(24)20(3)4/h7-8,10-11,13H,5-6,9H2,1-4H3/t13-/m1/s1. The lowest BCUT2D eigenvalue weighted by molar-refractivity contribution is -0.135. The maximum absolute atomic E-state index is 12.5. The van der Waals surface area contributed by atoms with Crippen molar-refractivity contribution in [1.82, 2.24) is 24.4 Å². The summed E-state index contributed by atoms with van der Waals surface area (Å²) in [4.78, 5) is 32.5. The quantitative estimate of drug-likeness (QED) is 0.860. The molecule has 0 N–H and O–H groups in total. The van der Waals surface area contributed by atoms with Crippen LogP contribution in [0.15, 0.2) is 18.5 Å². The second-order valence-corrected chi connectivity index (χ2v) is 6.71. The maximum Gasteiger partial charge on any atom is 0.258 e. The molecule has 2 amide bonds. The predicted octanol–water partition coefficient (Wildman–Crippen LogP) is 1.75. The molecule has 2 aromatic rings. The van der Waals surface area contributed by atoms with Gasteiger partial charge in [-0.05, 0) is 18.9 Å². The molecule has 0 aliphatic carbocycles. The number of carbonyl (C=O) groups excluding carboxylic acids is 2. The van der Waals surface area contributed by atoms with E-state index < -0.39 is 0 Å². The van der Waals surface area contributed by atoms with Gasteiger partial charge in [-0.15, -0.1) is 0 Å². The highest BCUT2D eigenvalue weighted by molar-refractivity contribution is 5.99. The summed E-state index contributed by atoms with van der Waals surface area (Å²) in [6, 6.07) is 1.87. The third kappa shape index (κ3) is 2.64. The number of likely N-dealkylation sites (tertiary alicyclic amines) is 1. The van der Waals surface area contributed by atoms with Crippen molar-refractivity contribution >= 4 is 17.5 Å². The molecule has 1 aliphatic heterocycles. The number of hydrogen-bond acceptors (Lipinski definition) is 4. The molecular weight excluding hydrogens is 306 g/mol. The van der Waals surface area contributed by atoms with Crippen molar-refractivity contribution in [3.05, 3.63) is 29.7 Å². The van der Waals surface area contributed by atoms with E-state index in [9.17, 15) is 9.59 Å². The van der Waals surface area contributed by atoms with Crippen LogP contribution in [0.25, 0.3) is 5.65 Å². The molecule has 1 aliphatic rings. The van der Waals surface area contributed by atoms with Crippen LogP contribution in [0, 0.1) is 5.92 Å². The summed E-state index contributed by atoms with van der Waals surface area (Å²) in [6.45, 7) is 4.60. The summed E-state index contributed by atoms with van der Waals surface area (Å²) in [5.74, 6) is -0.0122. The highest BCUT2D eigenvalue weighted by Gasteiger charge is 2.33. The van der Waals surface area contributed by atoms with Crippen molar-refractivity contribution in [2.75, 3.05) is 20.6 Å². The minimum Gasteiger partial charge on any atom is -0.345 e. The van der Waals surface area contributed by atoms with Gasteiger partial charge in [0.1, 0.15) is 5.56 Å². The molecule has 24 heavy (non-hydrogen) atoms. The zero-order valence-corrected chi connectivity index (χ0v) is 14.6. The third-order valence-corrected chi connectivity index (χ3v) is 4.44. The van der Waals surface area contributed by atoms with E-state index in [4.69, 9.17) is 0 Å². The lowest BCUT2D eigenvalue weighted by Gasteiger charge is -2.26. The Hall–Kier alpha value is -2.44. The largest absolute Gasteiger partial charge is 0.345 e. The molecule has 128 valence electrons. The number of rotatable bonds is 3. The van der Waals surface area contributed by atoms with Gasteiger partial charge in [-0.3, -0.25) is 9.59 Å². The molecular formula is C17H23N5O2. The molecule has 0 unspecified atom stereocenters. The zero-order valence-electron chi connectivity index (χ0n) is 14.6. The van der Waals surface area contributed by atoms with Crippen LogP contribution in [0.2, 0.25) is 0 Å². The van der Waals surface area contributed by atoms with E-state index >= 15 is 0 Å². The molecule has 3 rings (SSSR count). The topological polar surface area (TPSA) is 70.8 Å². The van der Waals surface area contributed by atoms with Gasteiger partial charge in [0.2, 0.25) is 5.91 Å². The third-order valence-electron chi connectivity index (χ3n) is 4.44. The van der Waals surface area contributed by atoms with Crippen LogP contribution in [-0.4, -0.2) is 56.9 Å². The van der Waals surface area contributed by atoms with Crippen LogP contribution in [0.4, 0.5) is 0 Å². The van der Waals surface area contributed by atoms with Crippen LogP contribution in [0.1, 0.15) is 48.8 Å². The van der Waals surface area contributed by atoms with Gasteiger partial charge in [0, 0.05) is 32.8 Å². The fourth-order valence-electron chi connectivity index (χ4n) is 3.22. The summed E-state index contributed by atoms with van der Waals surface area (Å²) in [5, 5.41) is 4.37. The van der Waals surface area contributed by atoms with E-state index in [0.717, 1.165) is 25.1 Å². The average molecular weight is 329 g/mol. The first-order valence-electron chi connectivity index (χ1n) is 8.26. The van der Waals surface area contributed by atoms with E-state index in [1.165, 1.54) is 4.90 Å². The molecule has 0 spiro atoms. The van der Waals surface area contributed by atoms with Crippen LogP contribution in [0.5, 0.6) is 0 Å². The summed E-state index contributed by atoms with van der Waals surface area (Å²) >= 11 is 0. The van der Waals surface area contributed by atoms with E-state index in [1.54, 1.807) is 31.0 Å². The van der Waals surface area contributed by atoms with Crippen molar-refractivity contribution in [1.29, 1.82) is 0 Å². The number of nitrogens with zero attached hydrogens (tertiary/aromatic N) is 5. The van der Waals surface area contributed by atoms with Gasteiger partial charge in [-0.25, -0.2) is 9.50 Å². The van der Waals surface area contributed by atoms with E-state index in [1.807, 2.05) is 24.8 Å². The van der Waals surface area contributed by atoms with Crippen molar-refractivity contribution in [3.63, 3.8) is 0 Å². The van der Waals surface area contributed by atoms with Crippen LogP contribution in [-0.2, 0) is 4.79 Å². The Morgan fingerprint density at radius 3 is 2.75 bits per heavy atom. The Labute approximate surface area is 141 Å². The first-order chi connectivity index (χ1) is 11.4. The predicted molar refractivity (Wildman–Crippen MR) is 89.5 cm³/mol. The van der Waals surface area contributed by atoms with Crippen LogP contribution < -0.4 is 0 Å². The smallest absolute Gasteiger partial charge is 0.258 e. The van der Waals surface area contributed by atoms with Gasteiger partial charge < -0.3 is 9.80 Å². The highest BCUT2D eigenvalue weighted by atomic mass is 16.2. The molecule has 7 nitrogen and oxygen atoms in total. The molecule has 7 heteroatoms. The number of carbonyl (C=O) groups is 2. The Balaban J connectivity index is 2.04. The normalized spacial score (nSPS) is 17.7. The molecule has 1 fully saturated rings. The number of hydrogen-bond donors (Lipinski definition) is 0. The second kappa shape index (κ2) is 6.22. The Morgan fingerprint density at radius 1 is 1.33 bits per heavy atom. The van der Waals surface area contributed by atoms with Gasteiger partial charge in [-0.1, -0.05) is 13.8 Å². The summed E-state index contributed by atoms with van der Waals surface area (Å²) in [7, 11) is 3.41. The molecule has 1 atom stereocenters. The van der Waals surface area contributed by atoms with Gasteiger partial charge >= 0.3 is 0 Å². The second-order valence-electron chi connectivity index (χ2n) is 6.71. The van der Waals surface area contributed by atoms with Crippen LogP contribution >= 0.6 is 0 Å². The van der Waals surface area contributed by atoms with E-state index in [-0.39, 0.29) is 23.8 Å². The van der Waals surface area contributed by atoms with Crippen LogP contribution in [0.3, 0.4) is 0 Å². The molecule has 1 saturated heterocycles. The van der Waals surface area contributed by atoms with Crippen molar-refractivity contribution in [2.45, 2.75) is 32.7 Å². The van der Waals surface area contributed by atoms with Gasteiger partial charge in [0.15, 0.2) is 5.65 Å². The number of aromatic nitrogens is 3. The summed E-state index contributed by atoms with van der Waals surface area (Å²) in [6.07, 6.45) is 5.11. The lowest BCUT2D eigenvalue weighted by Crippen LogP contribution is -2.34. The molecule has 3 heterocycles. The van der Waals surface area contributed by atoms with E-state index in [0.29, 0.717) is 11.2 Å². The fraction of sp³-hybridized carbons (Fsp3) is 0.529. The van der Waals surface area contributed by atoms with Crippen molar-refractivity contribution in [3.8, 4) is 0 Å². The minimum absolute atomic E-state index is 0.0207. The fourth-order valence-corrected chi connectivity index (χ4v) is 3.22. The Bertz CT molecular complexity index is 780. The monoisotopic (exact) mass is 329 g/mol. The van der Waals surface area contributed by atoms with Gasteiger partial charge in [0.25, 0.3) is 5.91 Å². The Kier molecular flexibility index (Phi) is 4.26. The van der Waals surface area contributed by atoms with Crippen molar-refractivity contribution < 1.29 is 9.59 Å². The summed E-state index contributed by atoms with van der Waals surface area (Å²) < 4.78 is 1.70. The average Bonchev–Trinajstić information content (AvgIpc) is 3.19. The first kappa shape index (κ1) is 16.4. The molecule has 0 radical (unpaired) electrons. The molecule has 0 aromatic carbocycles. The zero-order chi connectivity index (χ0) is 17.4. The molecule has 2 aromatic heterocycles. The molecule has 0 bridgehead atoms. The highest BCUT2D eigenvalue weighted by Crippen LogP contribution is 2.33. The SMILES string of the molecule is CC(C)C(=O)N1CCC[C@@H]1c1ccnc2c(C(=O)N(C)C)cnn12. The van der Waals surface area contributed by atoms with Crippen molar-refractivity contribution in [2.24, 2.45) is 5.92 Å². The van der Waals surface area contributed by atoms with Gasteiger partial charge in [0.05, 0.1) is 17.9 Å². The van der Waals surface area contributed by atoms with E-state index in [2.05, 4.69) is 10.1 Å². The van der Waals surface area contributed by atoms with Gasteiger partial charge in [-0.2, -0.15) is 5.10 Å². The maximum atomic E-state index is 12.5. The Morgan fingerprint density at radius 2 is 2.08 bits per heavy atom.